The molecule has 3 saturated heterocycles. The van der Waals surface area contributed by atoms with Crippen LogP contribution in [0.2, 0.25) is 0 Å². The minimum absolute atomic E-state index is 0.0828. The van der Waals surface area contributed by atoms with Crippen LogP contribution < -0.4 is 4.90 Å². The van der Waals surface area contributed by atoms with Crippen LogP contribution in [0, 0.1) is 31.6 Å². The van der Waals surface area contributed by atoms with Crippen LogP contribution in [0.5, 0.6) is 0 Å². The van der Waals surface area contributed by atoms with Crippen molar-refractivity contribution in [3.05, 3.63) is 42.0 Å². The van der Waals surface area contributed by atoms with Crippen LogP contribution in [0.25, 0.3) is 0 Å². The minimum atomic E-state index is -1.22. The number of hydrogen-bond acceptors (Lipinski definition) is 6. The van der Waals surface area contributed by atoms with E-state index in [4.69, 9.17) is 9.47 Å². The Morgan fingerprint density at radius 2 is 2.00 bits per heavy atom. The van der Waals surface area contributed by atoms with E-state index >= 15 is 0 Å². The van der Waals surface area contributed by atoms with E-state index in [1.54, 1.807) is 22.8 Å². The number of aliphatic hydroxyl groups is 1. The first kappa shape index (κ1) is 28.8. The van der Waals surface area contributed by atoms with E-state index in [1.807, 2.05) is 45.9 Å². The number of ether oxygens (including phenoxy) is 2. The predicted molar refractivity (Wildman–Crippen MR) is 148 cm³/mol. The lowest BCUT2D eigenvalue weighted by molar-refractivity contribution is -0.155. The zero-order chi connectivity index (χ0) is 27.9. The number of carbonyl (C=O) groups excluding carboxylic acids is 3. The Bertz CT molecular complexity index is 1090. The maximum absolute atomic E-state index is 14.8. The van der Waals surface area contributed by atoms with Crippen molar-refractivity contribution in [2.24, 2.45) is 17.8 Å². The highest BCUT2D eigenvalue weighted by atomic mass is 79.9. The van der Waals surface area contributed by atoms with Gasteiger partial charge in [-0.25, -0.2) is 0 Å². The zero-order valence-electron chi connectivity index (χ0n) is 22.9. The standard InChI is InChI=1S/C29H39BrN2O6/c1-7-13-31(23-17(5)11-10-12-18(23)6)27(35)25-29-14-19(30)24(38-29)21(28(36)37-9-3)22(29)26(34)32(25)20(15-33)16(4)8-2/h7,10-12,16,19-22,24-25,33H,1,8-9,13-15H2,2-6H3/t16-,19?,20-,21-,22-,24-,25?,29?/m0/s1. The number of likely N-dealkylation sites (tertiary alicyclic amines) is 1. The molecule has 3 fully saturated rings. The van der Waals surface area contributed by atoms with Gasteiger partial charge in [0.15, 0.2) is 0 Å². The van der Waals surface area contributed by atoms with Crippen LogP contribution in [0.1, 0.15) is 44.7 Å². The Kier molecular flexibility index (Phi) is 8.40. The second-order valence-electron chi connectivity index (χ2n) is 10.8. The van der Waals surface area contributed by atoms with Gasteiger partial charge in [-0.1, -0.05) is 60.5 Å². The van der Waals surface area contributed by atoms with Crippen molar-refractivity contribution in [2.75, 3.05) is 24.7 Å². The summed E-state index contributed by atoms with van der Waals surface area (Å²) in [7, 11) is 0. The van der Waals surface area contributed by atoms with E-state index in [2.05, 4.69) is 22.5 Å². The number of anilines is 1. The van der Waals surface area contributed by atoms with Crippen LogP contribution in [0.4, 0.5) is 5.69 Å². The van der Waals surface area contributed by atoms with E-state index < -0.39 is 41.6 Å². The molecular weight excluding hydrogens is 552 g/mol. The third-order valence-electron chi connectivity index (χ3n) is 8.65. The highest BCUT2D eigenvalue weighted by Gasteiger charge is 2.77. The molecule has 3 aliphatic rings. The fraction of sp³-hybridized carbons (Fsp3) is 0.621. The number of para-hydroxylation sites is 1. The molecule has 1 aromatic rings. The average Bonchev–Trinajstić information content (AvgIpc) is 3.47. The van der Waals surface area contributed by atoms with Crippen molar-refractivity contribution in [2.45, 2.75) is 76.1 Å². The van der Waals surface area contributed by atoms with Crippen LogP contribution in [-0.4, -0.2) is 76.2 Å². The van der Waals surface area contributed by atoms with Gasteiger partial charge in [0.05, 0.1) is 37.2 Å². The summed E-state index contributed by atoms with van der Waals surface area (Å²) in [6.07, 6.45) is 2.18. The lowest BCUT2D eigenvalue weighted by atomic mass is 9.70. The predicted octanol–water partition coefficient (Wildman–Crippen LogP) is 3.54. The zero-order valence-corrected chi connectivity index (χ0v) is 24.4. The highest BCUT2D eigenvalue weighted by molar-refractivity contribution is 9.09. The van der Waals surface area contributed by atoms with Gasteiger partial charge >= 0.3 is 5.97 Å². The first-order valence-corrected chi connectivity index (χ1v) is 14.4. The Balaban J connectivity index is 1.90. The van der Waals surface area contributed by atoms with Crippen LogP contribution in [0.3, 0.4) is 0 Å². The topological polar surface area (TPSA) is 96.4 Å². The Labute approximate surface area is 233 Å². The van der Waals surface area contributed by atoms with Crippen LogP contribution >= 0.6 is 15.9 Å². The molecule has 2 amide bonds. The van der Waals surface area contributed by atoms with Crippen molar-refractivity contribution >= 4 is 39.4 Å². The molecular formula is C29H39BrN2O6. The molecule has 1 spiro atoms. The first-order chi connectivity index (χ1) is 18.1. The maximum Gasteiger partial charge on any atom is 0.312 e. The van der Waals surface area contributed by atoms with Gasteiger partial charge in [0, 0.05) is 17.1 Å². The molecule has 0 aromatic heterocycles. The first-order valence-electron chi connectivity index (χ1n) is 13.5. The van der Waals surface area contributed by atoms with Crippen molar-refractivity contribution in [3.8, 4) is 0 Å². The number of benzene rings is 1. The van der Waals surface area contributed by atoms with Crippen LogP contribution in [0.15, 0.2) is 30.9 Å². The summed E-state index contributed by atoms with van der Waals surface area (Å²) in [6.45, 7) is 13.6. The molecule has 2 bridgehead atoms. The van der Waals surface area contributed by atoms with Gasteiger partial charge in [-0.05, 0) is 44.2 Å². The molecule has 8 atom stereocenters. The van der Waals surface area contributed by atoms with Crippen molar-refractivity contribution in [1.82, 2.24) is 4.90 Å². The molecule has 4 rings (SSSR count). The number of rotatable bonds is 10. The molecule has 0 aliphatic carbocycles. The smallest absolute Gasteiger partial charge is 0.312 e. The normalized spacial score (nSPS) is 31.2. The number of nitrogens with zero attached hydrogens (tertiary/aromatic N) is 2. The second kappa shape index (κ2) is 11.1. The summed E-state index contributed by atoms with van der Waals surface area (Å²) < 4.78 is 12.0. The van der Waals surface area contributed by atoms with E-state index in [-0.39, 0.29) is 42.3 Å². The minimum Gasteiger partial charge on any atom is -0.466 e. The number of alkyl halides is 1. The van der Waals surface area contributed by atoms with E-state index in [1.165, 1.54) is 0 Å². The molecule has 208 valence electrons. The summed E-state index contributed by atoms with van der Waals surface area (Å²) in [5, 5.41) is 10.5. The van der Waals surface area contributed by atoms with Crippen molar-refractivity contribution < 1.29 is 29.0 Å². The number of carbonyl (C=O) groups is 3. The third kappa shape index (κ3) is 4.31. The molecule has 3 unspecified atom stereocenters. The Morgan fingerprint density at radius 1 is 1.34 bits per heavy atom. The van der Waals surface area contributed by atoms with Crippen LogP contribution in [-0.2, 0) is 23.9 Å². The fourth-order valence-corrected chi connectivity index (χ4v) is 7.77. The number of aryl methyl sites for hydroxylation is 2. The quantitative estimate of drug-likeness (QED) is 0.254. The summed E-state index contributed by atoms with van der Waals surface area (Å²) in [5.74, 6) is -2.90. The lowest BCUT2D eigenvalue weighted by Gasteiger charge is -2.41. The molecule has 1 aromatic carbocycles. The molecule has 38 heavy (non-hydrogen) atoms. The number of hydrogen-bond donors (Lipinski definition) is 1. The van der Waals surface area contributed by atoms with E-state index in [9.17, 15) is 19.5 Å². The fourth-order valence-electron chi connectivity index (χ4n) is 6.83. The number of esters is 1. The summed E-state index contributed by atoms with van der Waals surface area (Å²) in [4.78, 5) is 45.2. The molecule has 1 N–H and O–H groups in total. The Morgan fingerprint density at radius 3 is 2.55 bits per heavy atom. The average molecular weight is 592 g/mol. The molecule has 9 heteroatoms. The van der Waals surface area contributed by atoms with Gasteiger partial charge in [-0.15, -0.1) is 6.58 Å². The summed E-state index contributed by atoms with van der Waals surface area (Å²) >= 11 is 3.68. The SMILES string of the molecule is C=CCN(C(=O)C1N([C@@H](CO)[C@@H](C)CC)C(=O)[C@@H]2[C@H](C(=O)OCC)[C@H]3OC12CC3Br)c1c(C)cccc1C. The van der Waals surface area contributed by atoms with E-state index in [0.29, 0.717) is 12.8 Å². The maximum atomic E-state index is 14.8. The monoisotopic (exact) mass is 590 g/mol. The summed E-state index contributed by atoms with van der Waals surface area (Å²) in [6, 6.07) is 4.21. The van der Waals surface area contributed by atoms with E-state index in [0.717, 1.165) is 16.8 Å². The van der Waals surface area contributed by atoms with Crippen molar-refractivity contribution in [3.63, 3.8) is 0 Å². The van der Waals surface area contributed by atoms with Gasteiger partial charge in [0.1, 0.15) is 11.6 Å². The molecule has 8 nitrogen and oxygen atoms in total. The van der Waals surface area contributed by atoms with Gasteiger partial charge in [0.2, 0.25) is 5.91 Å². The van der Waals surface area contributed by atoms with Crippen molar-refractivity contribution in [1.29, 1.82) is 0 Å². The Hall–Kier alpha value is -2.23. The molecule has 0 radical (unpaired) electrons. The number of fused-ring (bicyclic) bond motifs is 1. The van der Waals surface area contributed by atoms with Gasteiger partial charge in [0.25, 0.3) is 5.91 Å². The number of halogens is 1. The molecule has 3 heterocycles. The highest BCUT2D eigenvalue weighted by Crippen LogP contribution is 2.61. The third-order valence-corrected chi connectivity index (χ3v) is 9.50. The summed E-state index contributed by atoms with van der Waals surface area (Å²) in [5.41, 5.74) is 1.38. The number of aliphatic hydroxyl groups excluding tert-OH is 1. The largest absolute Gasteiger partial charge is 0.466 e. The molecule has 0 saturated carbocycles. The van der Waals surface area contributed by atoms with Gasteiger partial charge in [-0.3, -0.25) is 14.4 Å². The van der Waals surface area contributed by atoms with Gasteiger partial charge < -0.3 is 24.4 Å². The van der Waals surface area contributed by atoms with Gasteiger partial charge in [-0.2, -0.15) is 0 Å². The lowest BCUT2D eigenvalue weighted by Crippen LogP contribution is -2.60. The number of amides is 2. The second-order valence-corrected chi connectivity index (χ2v) is 12.0. The molecule has 3 aliphatic heterocycles.